The SMILES string of the molecule is CC(C)(O)CN1CCN(CC(=O)NCC2CCCO2)CC1. The Morgan fingerprint density at radius 1 is 1.29 bits per heavy atom. The van der Waals surface area contributed by atoms with Gasteiger partial charge >= 0.3 is 0 Å². The zero-order chi connectivity index (χ0) is 15.3. The van der Waals surface area contributed by atoms with Gasteiger partial charge in [-0.15, -0.1) is 0 Å². The topological polar surface area (TPSA) is 65.0 Å². The van der Waals surface area contributed by atoms with Crippen LogP contribution in [-0.2, 0) is 9.53 Å². The van der Waals surface area contributed by atoms with Crippen molar-refractivity contribution in [2.75, 3.05) is 52.4 Å². The van der Waals surface area contributed by atoms with Gasteiger partial charge in [-0.3, -0.25) is 14.6 Å². The number of rotatable bonds is 6. The van der Waals surface area contributed by atoms with Gasteiger partial charge in [0.25, 0.3) is 0 Å². The maximum Gasteiger partial charge on any atom is 0.234 e. The van der Waals surface area contributed by atoms with Crippen LogP contribution in [0.25, 0.3) is 0 Å². The van der Waals surface area contributed by atoms with E-state index in [4.69, 9.17) is 4.74 Å². The number of piperazine rings is 1. The van der Waals surface area contributed by atoms with Crippen molar-refractivity contribution in [3.8, 4) is 0 Å². The second kappa shape index (κ2) is 7.54. The van der Waals surface area contributed by atoms with Crippen LogP contribution in [0.1, 0.15) is 26.7 Å². The molecule has 6 heteroatoms. The number of ether oxygens (including phenoxy) is 1. The molecule has 21 heavy (non-hydrogen) atoms. The third kappa shape index (κ3) is 6.30. The van der Waals surface area contributed by atoms with Crippen molar-refractivity contribution in [1.82, 2.24) is 15.1 Å². The van der Waals surface area contributed by atoms with E-state index >= 15 is 0 Å². The lowest BCUT2D eigenvalue weighted by molar-refractivity contribution is -0.123. The molecule has 0 aromatic heterocycles. The summed E-state index contributed by atoms with van der Waals surface area (Å²) in [6.07, 6.45) is 2.36. The molecule has 2 saturated heterocycles. The van der Waals surface area contributed by atoms with E-state index in [1.165, 1.54) is 0 Å². The lowest BCUT2D eigenvalue weighted by Gasteiger charge is -2.37. The summed E-state index contributed by atoms with van der Waals surface area (Å²) < 4.78 is 5.50. The number of carbonyl (C=O) groups is 1. The van der Waals surface area contributed by atoms with Crippen LogP contribution in [0.3, 0.4) is 0 Å². The van der Waals surface area contributed by atoms with Crippen molar-refractivity contribution < 1.29 is 14.6 Å². The predicted molar refractivity (Wildman–Crippen MR) is 81.2 cm³/mol. The second-order valence-corrected chi connectivity index (χ2v) is 6.80. The highest BCUT2D eigenvalue weighted by atomic mass is 16.5. The fourth-order valence-corrected chi connectivity index (χ4v) is 2.94. The monoisotopic (exact) mass is 299 g/mol. The molecule has 2 fully saturated rings. The van der Waals surface area contributed by atoms with Crippen molar-refractivity contribution in [2.45, 2.75) is 38.4 Å². The van der Waals surface area contributed by atoms with Crippen LogP contribution < -0.4 is 5.32 Å². The lowest BCUT2D eigenvalue weighted by Crippen LogP contribution is -2.52. The summed E-state index contributed by atoms with van der Waals surface area (Å²) in [7, 11) is 0. The molecule has 0 aliphatic carbocycles. The molecule has 122 valence electrons. The molecule has 0 aromatic carbocycles. The molecule has 0 aromatic rings. The smallest absolute Gasteiger partial charge is 0.234 e. The summed E-state index contributed by atoms with van der Waals surface area (Å²) in [6.45, 7) is 9.84. The van der Waals surface area contributed by atoms with Crippen LogP contribution in [0.15, 0.2) is 0 Å². The Morgan fingerprint density at radius 2 is 1.95 bits per heavy atom. The highest BCUT2D eigenvalue weighted by Crippen LogP contribution is 2.11. The zero-order valence-electron chi connectivity index (χ0n) is 13.3. The summed E-state index contributed by atoms with van der Waals surface area (Å²) in [4.78, 5) is 16.3. The summed E-state index contributed by atoms with van der Waals surface area (Å²) in [5, 5.41) is 12.8. The first kappa shape index (κ1) is 16.7. The van der Waals surface area contributed by atoms with Gasteiger partial charge in [0.15, 0.2) is 0 Å². The normalized spacial score (nSPS) is 25.2. The van der Waals surface area contributed by atoms with Gasteiger partial charge < -0.3 is 15.2 Å². The average molecular weight is 299 g/mol. The number of nitrogens with one attached hydrogen (secondary N) is 1. The van der Waals surface area contributed by atoms with Gasteiger partial charge in [-0.2, -0.15) is 0 Å². The Bertz CT molecular complexity index is 330. The number of carbonyl (C=O) groups excluding carboxylic acids is 1. The summed E-state index contributed by atoms with van der Waals surface area (Å²) in [5.41, 5.74) is -0.652. The van der Waals surface area contributed by atoms with Gasteiger partial charge in [0, 0.05) is 45.9 Å². The van der Waals surface area contributed by atoms with E-state index in [1.54, 1.807) is 0 Å². The van der Waals surface area contributed by atoms with E-state index in [9.17, 15) is 9.90 Å². The zero-order valence-corrected chi connectivity index (χ0v) is 13.3. The molecule has 2 aliphatic heterocycles. The van der Waals surface area contributed by atoms with Crippen molar-refractivity contribution in [2.24, 2.45) is 0 Å². The first-order valence-electron chi connectivity index (χ1n) is 7.98. The number of aliphatic hydroxyl groups is 1. The minimum Gasteiger partial charge on any atom is -0.389 e. The molecule has 0 spiro atoms. The van der Waals surface area contributed by atoms with E-state index in [0.29, 0.717) is 19.6 Å². The largest absolute Gasteiger partial charge is 0.389 e. The second-order valence-electron chi connectivity index (χ2n) is 6.80. The van der Waals surface area contributed by atoms with Gasteiger partial charge in [-0.05, 0) is 26.7 Å². The lowest BCUT2D eigenvalue weighted by atomic mass is 10.1. The minimum atomic E-state index is -0.652. The molecule has 2 rings (SSSR count). The number of hydrogen-bond donors (Lipinski definition) is 2. The van der Waals surface area contributed by atoms with Crippen molar-refractivity contribution in [3.05, 3.63) is 0 Å². The van der Waals surface area contributed by atoms with E-state index in [2.05, 4.69) is 15.1 Å². The maximum absolute atomic E-state index is 11.9. The van der Waals surface area contributed by atoms with Crippen LogP contribution in [0, 0.1) is 0 Å². The van der Waals surface area contributed by atoms with Crippen LogP contribution in [0.2, 0.25) is 0 Å². The minimum absolute atomic E-state index is 0.0847. The van der Waals surface area contributed by atoms with Crippen LogP contribution >= 0.6 is 0 Å². The van der Waals surface area contributed by atoms with Gasteiger partial charge in [0.1, 0.15) is 0 Å². The Labute approximate surface area is 127 Å². The van der Waals surface area contributed by atoms with Crippen LogP contribution in [0.5, 0.6) is 0 Å². The molecule has 6 nitrogen and oxygen atoms in total. The summed E-state index contributed by atoms with van der Waals surface area (Å²) >= 11 is 0. The van der Waals surface area contributed by atoms with Gasteiger partial charge in [-0.1, -0.05) is 0 Å². The summed E-state index contributed by atoms with van der Waals surface area (Å²) in [5.74, 6) is 0.0847. The maximum atomic E-state index is 11.9. The highest BCUT2D eigenvalue weighted by Gasteiger charge is 2.24. The molecule has 0 saturated carbocycles. The third-order valence-corrected chi connectivity index (χ3v) is 3.99. The quantitative estimate of drug-likeness (QED) is 0.703. The van der Waals surface area contributed by atoms with E-state index in [1.807, 2.05) is 13.8 Å². The van der Waals surface area contributed by atoms with Crippen molar-refractivity contribution >= 4 is 5.91 Å². The molecular weight excluding hydrogens is 270 g/mol. The molecule has 1 amide bonds. The molecular formula is C15H29N3O3. The predicted octanol–water partition coefficient (Wildman–Crippen LogP) is -0.330. The molecule has 0 bridgehead atoms. The fraction of sp³-hybridized carbons (Fsp3) is 0.933. The van der Waals surface area contributed by atoms with E-state index in [0.717, 1.165) is 45.6 Å². The van der Waals surface area contributed by atoms with Gasteiger partial charge in [-0.25, -0.2) is 0 Å². The summed E-state index contributed by atoms with van der Waals surface area (Å²) in [6, 6.07) is 0. The molecule has 0 radical (unpaired) electrons. The third-order valence-electron chi connectivity index (χ3n) is 3.99. The standard InChI is InChI=1S/C15H29N3O3/c1-15(2,20)12-18-7-5-17(6-8-18)11-14(19)16-10-13-4-3-9-21-13/h13,20H,3-12H2,1-2H3,(H,16,19). The molecule has 1 atom stereocenters. The Balaban J connectivity index is 1.60. The van der Waals surface area contributed by atoms with Gasteiger partial charge in [0.2, 0.25) is 5.91 Å². The average Bonchev–Trinajstić information content (AvgIpc) is 2.90. The van der Waals surface area contributed by atoms with Gasteiger partial charge in [0.05, 0.1) is 18.2 Å². The van der Waals surface area contributed by atoms with Crippen molar-refractivity contribution in [1.29, 1.82) is 0 Å². The van der Waals surface area contributed by atoms with E-state index in [-0.39, 0.29) is 12.0 Å². The number of hydrogen-bond acceptors (Lipinski definition) is 5. The van der Waals surface area contributed by atoms with Crippen molar-refractivity contribution in [3.63, 3.8) is 0 Å². The fourth-order valence-electron chi connectivity index (χ4n) is 2.94. The molecule has 2 aliphatic rings. The van der Waals surface area contributed by atoms with Crippen LogP contribution in [-0.4, -0.2) is 84.9 Å². The van der Waals surface area contributed by atoms with E-state index < -0.39 is 5.60 Å². The Morgan fingerprint density at radius 3 is 2.52 bits per heavy atom. The molecule has 1 unspecified atom stereocenters. The Kier molecular flexibility index (Phi) is 5.98. The Hall–Kier alpha value is -0.690. The first-order valence-corrected chi connectivity index (χ1v) is 7.98. The molecule has 2 N–H and O–H groups in total. The number of β-amino-alcohol motifs (C(OH)–C–C–N with tert-alkyl or cyclic N) is 1. The highest BCUT2D eigenvalue weighted by molar-refractivity contribution is 5.78. The van der Waals surface area contributed by atoms with Crippen LogP contribution in [0.4, 0.5) is 0 Å². The number of nitrogens with zero attached hydrogens (tertiary/aromatic N) is 2. The first-order chi connectivity index (χ1) is 9.92. The number of amides is 1. The molecule has 2 heterocycles.